The van der Waals surface area contributed by atoms with Crippen LogP contribution in [0.2, 0.25) is 0 Å². The summed E-state index contributed by atoms with van der Waals surface area (Å²) in [7, 11) is 0. The summed E-state index contributed by atoms with van der Waals surface area (Å²) in [6.45, 7) is 1.93. The zero-order valence-electron chi connectivity index (χ0n) is 17.2. The maximum absolute atomic E-state index is 12.7. The highest BCUT2D eigenvalue weighted by Gasteiger charge is 2.49. The largest absolute Gasteiger partial charge is 0.344 e. The normalized spacial score (nSPS) is 21.8. The van der Waals surface area contributed by atoms with Crippen molar-refractivity contribution in [2.75, 3.05) is 6.54 Å². The van der Waals surface area contributed by atoms with Crippen LogP contribution < -0.4 is 21.4 Å². The van der Waals surface area contributed by atoms with E-state index in [-0.39, 0.29) is 18.5 Å². The van der Waals surface area contributed by atoms with E-state index in [2.05, 4.69) is 21.4 Å². The number of hydrogen-bond donors (Lipinski definition) is 4. The van der Waals surface area contributed by atoms with Gasteiger partial charge in [-0.3, -0.25) is 15.0 Å². The summed E-state index contributed by atoms with van der Waals surface area (Å²) in [5, 5.41) is 9.04. The van der Waals surface area contributed by atoms with Gasteiger partial charge in [-0.1, -0.05) is 49.6 Å². The van der Waals surface area contributed by atoms with Gasteiger partial charge in [0.05, 0.1) is 0 Å². The number of nitrogens with one attached hydrogen (secondary N) is 4. The highest BCUT2D eigenvalue weighted by Crippen LogP contribution is 2.27. The summed E-state index contributed by atoms with van der Waals surface area (Å²) >= 11 is 0. The SMILES string of the molecule is C[C@@]1(c2ccccc2)NC(=O)N(NC(=O)CCCNC(=O)NC2CCCCC2)C1=O. The molecule has 3 rings (SSSR count). The summed E-state index contributed by atoms with van der Waals surface area (Å²) in [5.74, 6) is -1.01. The molecule has 0 unspecified atom stereocenters. The fourth-order valence-electron chi connectivity index (χ4n) is 3.82. The van der Waals surface area contributed by atoms with Crippen molar-refractivity contribution in [2.45, 2.75) is 63.5 Å². The lowest BCUT2D eigenvalue weighted by Crippen LogP contribution is -2.48. The molecule has 1 aromatic carbocycles. The van der Waals surface area contributed by atoms with Gasteiger partial charge in [0.25, 0.3) is 5.91 Å². The van der Waals surface area contributed by atoms with E-state index in [0.29, 0.717) is 18.5 Å². The van der Waals surface area contributed by atoms with Crippen molar-refractivity contribution in [3.05, 3.63) is 35.9 Å². The topological polar surface area (TPSA) is 120 Å². The van der Waals surface area contributed by atoms with E-state index >= 15 is 0 Å². The number of amides is 6. The van der Waals surface area contributed by atoms with E-state index < -0.39 is 23.4 Å². The van der Waals surface area contributed by atoms with Crippen LogP contribution in [0.15, 0.2) is 30.3 Å². The van der Waals surface area contributed by atoms with Crippen molar-refractivity contribution in [3.8, 4) is 0 Å². The van der Waals surface area contributed by atoms with Gasteiger partial charge < -0.3 is 16.0 Å². The first-order valence-electron chi connectivity index (χ1n) is 10.5. The van der Waals surface area contributed by atoms with E-state index in [1.54, 1.807) is 31.2 Å². The Bertz CT molecular complexity index is 794. The number of benzene rings is 1. The number of rotatable bonds is 7. The van der Waals surface area contributed by atoms with Gasteiger partial charge in [0.15, 0.2) is 0 Å². The van der Waals surface area contributed by atoms with E-state index in [4.69, 9.17) is 0 Å². The molecule has 1 heterocycles. The summed E-state index contributed by atoms with van der Waals surface area (Å²) in [6, 6.07) is 8.18. The Balaban J connectivity index is 1.41. The minimum Gasteiger partial charge on any atom is -0.338 e. The third-order valence-corrected chi connectivity index (χ3v) is 5.59. The molecule has 162 valence electrons. The van der Waals surface area contributed by atoms with Crippen LogP contribution in [0.4, 0.5) is 9.59 Å². The Kier molecular flexibility index (Phi) is 6.91. The highest BCUT2D eigenvalue weighted by molar-refractivity contribution is 6.08. The number of hydrogen-bond acceptors (Lipinski definition) is 4. The van der Waals surface area contributed by atoms with Crippen molar-refractivity contribution >= 4 is 23.9 Å². The molecule has 2 aliphatic rings. The van der Waals surface area contributed by atoms with Crippen molar-refractivity contribution in [1.82, 2.24) is 26.4 Å². The Labute approximate surface area is 175 Å². The monoisotopic (exact) mass is 415 g/mol. The summed E-state index contributed by atoms with van der Waals surface area (Å²) in [4.78, 5) is 49.1. The molecular weight excluding hydrogens is 386 g/mol. The fraction of sp³-hybridized carbons (Fsp3) is 0.524. The molecule has 1 saturated carbocycles. The highest BCUT2D eigenvalue weighted by atomic mass is 16.2. The smallest absolute Gasteiger partial charge is 0.338 e. The summed E-state index contributed by atoms with van der Waals surface area (Å²) in [5.41, 5.74) is 1.76. The molecule has 30 heavy (non-hydrogen) atoms. The molecule has 0 spiro atoms. The molecule has 2 fully saturated rings. The lowest BCUT2D eigenvalue weighted by molar-refractivity contribution is -0.139. The standard InChI is InChI=1S/C21H29N5O4/c1-21(15-9-4-2-5-10-15)18(28)26(20(30)24-21)25-17(27)13-8-14-22-19(29)23-16-11-6-3-7-12-16/h2,4-5,9-10,16H,3,6-8,11-14H2,1H3,(H,24,30)(H,25,27)(H2,22,23,29)/t21-/m0/s1. The van der Waals surface area contributed by atoms with E-state index in [1.165, 1.54) is 6.42 Å². The van der Waals surface area contributed by atoms with Crippen molar-refractivity contribution in [2.24, 2.45) is 0 Å². The van der Waals surface area contributed by atoms with E-state index in [1.807, 2.05) is 6.07 Å². The lowest BCUT2D eigenvalue weighted by Gasteiger charge is -2.23. The maximum atomic E-state index is 12.7. The van der Waals surface area contributed by atoms with Crippen LogP contribution in [0.5, 0.6) is 0 Å². The first-order chi connectivity index (χ1) is 14.4. The lowest BCUT2D eigenvalue weighted by atomic mass is 9.92. The number of imide groups is 1. The van der Waals surface area contributed by atoms with Crippen LogP contribution in [-0.2, 0) is 15.1 Å². The first kappa shape index (κ1) is 21.6. The molecular formula is C21H29N5O4. The number of urea groups is 2. The second-order valence-electron chi connectivity index (χ2n) is 7.94. The molecule has 1 aliphatic heterocycles. The maximum Gasteiger partial charge on any atom is 0.344 e. The van der Waals surface area contributed by atoms with Gasteiger partial charge in [-0.2, -0.15) is 5.01 Å². The van der Waals surface area contributed by atoms with Gasteiger partial charge >= 0.3 is 12.1 Å². The summed E-state index contributed by atoms with van der Waals surface area (Å²) in [6.07, 6.45) is 5.96. The van der Waals surface area contributed by atoms with Crippen LogP contribution in [0, 0.1) is 0 Å². The molecule has 1 saturated heterocycles. The number of carbonyl (C=O) groups is 4. The average molecular weight is 415 g/mol. The van der Waals surface area contributed by atoms with Crippen molar-refractivity contribution in [1.29, 1.82) is 0 Å². The minimum absolute atomic E-state index is 0.0722. The molecule has 0 aromatic heterocycles. The van der Waals surface area contributed by atoms with Crippen LogP contribution in [-0.4, -0.2) is 41.5 Å². The quantitative estimate of drug-likeness (QED) is 0.402. The van der Waals surface area contributed by atoms with E-state index in [0.717, 1.165) is 30.7 Å². The Morgan fingerprint density at radius 3 is 2.53 bits per heavy atom. The zero-order valence-corrected chi connectivity index (χ0v) is 17.2. The third-order valence-electron chi connectivity index (χ3n) is 5.59. The molecule has 9 nitrogen and oxygen atoms in total. The molecule has 1 atom stereocenters. The average Bonchev–Trinajstić information content (AvgIpc) is 2.96. The predicted octanol–water partition coefficient (Wildman–Crippen LogP) is 1.90. The van der Waals surface area contributed by atoms with Gasteiger partial charge in [-0.05, 0) is 31.7 Å². The molecule has 1 aromatic rings. The first-order valence-corrected chi connectivity index (χ1v) is 10.5. The van der Waals surface area contributed by atoms with Crippen molar-refractivity contribution in [3.63, 3.8) is 0 Å². The predicted molar refractivity (Wildman–Crippen MR) is 110 cm³/mol. The fourth-order valence-corrected chi connectivity index (χ4v) is 3.82. The van der Waals surface area contributed by atoms with Crippen LogP contribution >= 0.6 is 0 Å². The van der Waals surface area contributed by atoms with Crippen LogP contribution in [0.3, 0.4) is 0 Å². The van der Waals surface area contributed by atoms with Gasteiger partial charge in [0.2, 0.25) is 5.91 Å². The summed E-state index contributed by atoms with van der Waals surface area (Å²) < 4.78 is 0. The third kappa shape index (κ3) is 5.08. The molecule has 9 heteroatoms. The molecule has 4 N–H and O–H groups in total. The molecule has 1 aliphatic carbocycles. The second kappa shape index (κ2) is 9.60. The Hall–Kier alpha value is -3.10. The molecule has 6 amide bonds. The van der Waals surface area contributed by atoms with Gasteiger partial charge in [-0.15, -0.1) is 0 Å². The van der Waals surface area contributed by atoms with Crippen LogP contribution in [0.25, 0.3) is 0 Å². The number of nitrogens with zero attached hydrogens (tertiary/aromatic N) is 1. The Morgan fingerprint density at radius 1 is 1.13 bits per heavy atom. The van der Waals surface area contributed by atoms with Gasteiger partial charge in [0, 0.05) is 19.0 Å². The second-order valence-corrected chi connectivity index (χ2v) is 7.94. The number of hydrazine groups is 1. The Morgan fingerprint density at radius 2 is 1.83 bits per heavy atom. The number of carbonyl (C=O) groups excluding carboxylic acids is 4. The molecule has 0 bridgehead atoms. The van der Waals surface area contributed by atoms with Crippen LogP contribution in [0.1, 0.15) is 57.4 Å². The zero-order chi connectivity index (χ0) is 21.6. The van der Waals surface area contributed by atoms with Gasteiger partial charge in [-0.25, -0.2) is 9.59 Å². The van der Waals surface area contributed by atoms with Crippen molar-refractivity contribution < 1.29 is 19.2 Å². The van der Waals surface area contributed by atoms with Gasteiger partial charge in [0.1, 0.15) is 5.54 Å². The minimum atomic E-state index is -1.23. The van der Waals surface area contributed by atoms with E-state index in [9.17, 15) is 19.2 Å². The molecule has 0 radical (unpaired) electrons.